The number of ether oxygens (including phenoxy) is 2. The zero-order chi connectivity index (χ0) is 12.0. The third kappa shape index (κ3) is 7.36. The van der Waals surface area contributed by atoms with Crippen molar-refractivity contribution >= 4 is 6.98 Å². The number of hydrogen-bond donors (Lipinski definition) is 0. The van der Waals surface area contributed by atoms with E-state index in [9.17, 15) is 12.9 Å². The minimum Gasteiger partial charge on any atom is -0.519 e. The monoisotopic (exact) mass is 272 g/mol. The summed E-state index contributed by atoms with van der Waals surface area (Å²) in [5, 5.41) is 0. The van der Waals surface area contributed by atoms with Gasteiger partial charge >= 0.3 is 58.4 Å². The van der Waals surface area contributed by atoms with Gasteiger partial charge in [-0.3, -0.25) is 0 Å². The molecule has 0 spiro atoms. The average molecular weight is 272 g/mol. The Labute approximate surface area is 141 Å². The van der Waals surface area contributed by atoms with Crippen LogP contribution < -0.4 is 60.9 Å². The van der Waals surface area contributed by atoms with Gasteiger partial charge in [0, 0.05) is 0 Å². The van der Waals surface area contributed by atoms with E-state index in [0.717, 1.165) is 6.42 Å². The van der Waals surface area contributed by atoms with Crippen LogP contribution in [0.4, 0.5) is 12.9 Å². The fraction of sp³-hybridized carbons (Fsp3) is 0.400. The first-order valence-corrected chi connectivity index (χ1v) is 5.08. The van der Waals surface area contributed by atoms with Gasteiger partial charge in [-0.25, -0.2) is 0 Å². The number of benzene rings is 1. The van der Waals surface area contributed by atoms with Crippen molar-refractivity contribution in [3.63, 3.8) is 0 Å². The van der Waals surface area contributed by atoms with E-state index in [2.05, 4.69) is 4.74 Å². The second-order valence-electron chi connectivity index (χ2n) is 3.32. The number of para-hydroxylation sites is 2. The van der Waals surface area contributed by atoms with Crippen LogP contribution in [0.5, 0.6) is 11.5 Å². The maximum Gasteiger partial charge on any atom is 1.00 e. The van der Waals surface area contributed by atoms with Gasteiger partial charge in [0.1, 0.15) is 0 Å². The fourth-order valence-corrected chi connectivity index (χ4v) is 1.08. The van der Waals surface area contributed by atoms with Crippen molar-refractivity contribution in [3.8, 4) is 11.5 Å². The van der Waals surface area contributed by atoms with Crippen LogP contribution >= 0.6 is 0 Å². The van der Waals surface area contributed by atoms with Gasteiger partial charge < -0.3 is 22.4 Å². The van der Waals surface area contributed by atoms with Crippen molar-refractivity contribution in [2.45, 2.75) is 13.3 Å². The Kier molecular flexibility index (Phi) is 8.57. The van der Waals surface area contributed by atoms with E-state index in [4.69, 9.17) is 4.74 Å². The summed E-state index contributed by atoms with van der Waals surface area (Å²) in [5.74, 6) is 0.486. The molecule has 1 aromatic rings. The van der Waals surface area contributed by atoms with Gasteiger partial charge in [0.25, 0.3) is 0 Å². The third-order valence-electron chi connectivity index (χ3n) is 1.74. The van der Waals surface area contributed by atoms with Gasteiger partial charge in [-0.15, -0.1) is 0 Å². The van der Waals surface area contributed by atoms with E-state index in [0.29, 0.717) is 12.4 Å². The zero-order valence-electron chi connectivity index (χ0n) is 9.96. The molecule has 0 fully saturated rings. The smallest absolute Gasteiger partial charge is 0.519 e. The van der Waals surface area contributed by atoms with Crippen molar-refractivity contribution in [1.82, 2.24) is 0 Å². The summed E-state index contributed by atoms with van der Waals surface area (Å²) >= 11 is 0. The first kappa shape index (κ1) is 17.3. The molecular weight excluding hydrogens is 259 g/mol. The van der Waals surface area contributed by atoms with Gasteiger partial charge in [0.05, 0.1) is 13.1 Å². The molecule has 0 N–H and O–H groups in total. The molecule has 0 amide bonds. The summed E-state index contributed by atoms with van der Waals surface area (Å²) in [5.41, 5.74) is 0. The van der Waals surface area contributed by atoms with Crippen LogP contribution in [0.15, 0.2) is 24.3 Å². The first-order chi connectivity index (χ1) is 7.53. The van der Waals surface area contributed by atoms with Gasteiger partial charge in [0.15, 0.2) is 11.5 Å². The second kappa shape index (κ2) is 8.42. The zero-order valence-corrected chi connectivity index (χ0v) is 13.1. The summed E-state index contributed by atoms with van der Waals surface area (Å²) in [6, 6.07) is 6.36. The van der Waals surface area contributed by atoms with Crippen LogP contribution in [0.25, 0.3) is 0 Å². The molecule has 0 aromatic heterocycles. The summed E-state index contributed by atoms with van der Waals surface area (Å²) in [4.78, 5) is 0. The van der Waals surface area contributed by atoms with Crippen molar-refractivity contribution in [2.75, 3.05) is 13.1 Å². The Balaban J connectivity index is 0.00000256. The maximum absolute atomic E-state index is 12.0. The van der Waals surface area contributed by atoms with Gasteiger partial charge in [-0.05, 0) is 18.6 Å². The summed E-state index contributed by atoms with van der Waals surface area (Å²) in [6.07, 6.45) is 0.789. The van der Waals surface area contributed by atoms with E-state index in [1.807, 2.05) is 6.92 Å². The van der Waals surface area contributed by atoms with E-state index >= 15 is 0 Å². The molecule has 1 aromatic carbocycles. The van der Waals surface area contributed by atoms with E-state index in [1.165, 1.54) is 6.07 Å². The molecule has 0 aliphatic rings. The first-order valence-electron chi connectivity index (χ1n) is 5.08. The van der Waals surface area contributed by atoms with Crippen LogP contribution in [0.2, 0.25) is 0 Å². The Morgan fingerprint density at radius 2 is 1.59 bits per heavy atom. The van der Waals surface area contributed by atoms with Crippen molar-refractivity contribution in [3.05, 3.63) is 24.3 Å². The number of rotatable bonds is 6. The van der Waals surface area contributed by atoms with Crippen LogP contribution in [-0.2, 0) is 0 Å². The SMILES string of the molecule is CCCOc1ccccc1OC[B-](F)(F)F.[K+]. The van der Waals surface area contributed by atoms with Gasteiger partial charge in [-0.1, -0.05) is 19.1 Å². The fourth-order valence-electron chi connectivity index (χ4n) is 1.08. The summed E-state index contributed by atoms with van der Waals surface area (Å²) in [7, 11) is 0. The maximum atomic E-state index is 12.0. The quantitative estimate of drug-likeness (QED) is 0.691. The van der Waals surface area contributed by atoms with Gasteiger partial charge in [0.2, 0.25) is 0 Å². The molecule has 0 aliphatic carbocycles. The molecule has 0 atom stereocenters. The molecule has 90 valence electrons. The van der Waals surface area contributed by atoms with E-state index in [1.54, 1.807) is 18.2 Å². The second-order valence-corrected chi connectivity index (χ2v) is 3.32. The minimum absolute atomic E-state index is 0. The molecule has 2 nitrogen and oxygen atoms in total. The largest absolute Gasteiger partial charge is 1.00 e. The standard InChI is InChI=1S/C10H13BF3O2.K/c1-2-7-15-9-5-3-4-6-10(9)16-8-11(12,13)14;/h3-6H,2,7-8H2,1H3;/q-1;+1. The van der Waals surface area contributed by atoms with Crippen molar-refractivity contribution in [1.29, 1.82) is 0 Å². The Bertz CT molecular complexity index is 334. The predicted octanol–water partition coefficient (Wildman–Crippen LogP) is 0.245. The third-order valence-corrected chi connectivity index (χ3v) is 1.74. The predicted molar refractivity (Wildman–Crippen MR) is 56.8 cm³/mol. The Hall–Kier alpha value is 0.311. The van der Waals surface area contributed by atoms with Crippen molar-refractivity contribution in [2.24, 2.45) is 0 Å². The molecule has 17 heavy (non-hydrogen) atoms. The van der Waals surface area contributed by atoms with Crippen LogP contribution in [-0.4, -0.2) is 20.1 Å². The molecule has 0 saturated carbocycles. The molecule has 0 bridgehead atoms. The molecule has 0 saturated heterocycles. The van der Waals surface area contributed by atoms with Gasteiger partial charge in [-0.2, -0.15) is 0 Å². The molecule has 7 heteroatoms. The van der Waals surface area contributed by atoms with Crippen LogP contribution in [0.3, 0.4) is 0 Å². The number of hydrogen-bond acceptors (Lipinski definition) is 2. The molecule has 0 aliphatic heterocycles. The molecule has 0 unspecified atom stereocenters. The molecule has 0 heterocycles. The van der Waals surface area contributed by atoms with E-state index in [-0.39, 0.29) is 57.1 Å². The average Bonchev–Trinajstić information content (AvgIpc) is 2.23. The molecule has 0 radical (unpaired) electrons. The van der Waals surface area contributed by atoms with Crippen molar-refractivity contribution < 1.29 is 73.8 Å². The molecule has 1 rings (SSSR count). The normalized spacial score (nSPS) is 10.6. The topological polar surface area (TPSA) is 18.5 Å². The Morgan fingerprint density at radius 3 is 2.06 bits per heavy atom. The van der Waals surface area contributed by atoms with E-state index < -0.39 is 13.5 Å². The molecular formula is C10H13BF3KO2. The van der Waals surface area contributed by atoms with Crippen LogP contribution in [0, 0.1) is 0 Å². The summed E-state index contributed by atoms with van der Waals surface area (Å²) < 4.78 is 46.0. The summed E-state index contributed by atoms with van der Waals surface area (Å²) in [6.45, 7) is -3.81. The number of halogens is 3. The Morgan fingerprint density at radius 1 is 1.06 bits per heavy atom. The van der Waals surface area contributed by atoms with Crippen LogP contribution in [0.1, 0.15) is 13.3 Å². The minimum atomic E-state index is -4.94.